The third-order valence-corrected chi connectivity index (χ3v) is 11.9. The van der Waals surface area contributed by atoms with Gasteiger partial charge in [-0.25, -0.2) is 4.85 Å². The Bertz CT molecular complexity index is 1010. The minimum absolute atomic E-state index is 0. The number of rotatable bonds is 8. The molecule has 0 heterocycles. The van der Waals surface area contributed by atoms with Crippen molar-refractivity contribution in [2.24, 2.45) is 0 Å². The predicted molar refractivity (Wildman–Crippen MR) is 138 cm³/mol. The molecule has 0 saturated heterocycles. The van der Waals surface area contributed by atoms with Crippen LogP contribution in [0.1, 0.15) is 43.0 Å². The summed E-state index contributed by atoms with van der Waals surface area (Å²) in [6.07, 6.45) is 2.04. The molecule has 1 unspecified atom stereocenters. The van der Waals surface area contributed by atoms with E-state index in [0.29, 0.717) is 11.8 Å². The smallest absolute Gasteiger partial charge is 0.264 e. The van der Waals surface area contributed by atoms with Gasteiger partial charge in [0.1, 0.15) is 11.8 Å². The number of nitrogens with one attached hydrogen (secondary N) is 2. The molecule has 173 valence electrons. The number of hydrogen-bond acceptors (Lipinski definition) is 2. The largest absolute Gasteiger partial charge is 0.322 e. The van der Waals surface area contributed by atoms with Gasteiger partial charge in [0.2, 0.25) is 0 Å². The molecule has 0 aliphatic carbocycles. The van der Waals surface area contributed by atoms with Crippen LogP contribution in [-0.4, -0.2) is 36.0 Å². The van der Waals surface area contributed by atoms with Crippen LogP contribution in [-0.2, 0) is 42.3 Å². The van der Waals surface area contributed by atoms with Crippen LogP contribution in [0.2, 0.25) is 0 Å². The molecule has 2 amide bonds. The second kappa shape index (κ2) is 12.8. The fourth-order valence-electron chi connectivity index (χ4n) is 4.29. The summed E-state index contributed by atoms with van der Waals surface area (Å²) in [6, 6.07) is 9.55. The number of carbonyl (C=O) groups excluding carboxylic acids is 2. The first kappa shape index (κ1) is 29.4. The fourth-order valence-corrected chi connectivity index (χ4v) is 7.76. The predicted octanol–water partition coefficient (Wildman–Crippen LogP) is 6.49. The number of nitrogens with zero attached hydrogens (tertiary/aromatic N) is 1. The number of carbonyl (C=O) groups is 2. The summed E-state index contributed by atoms with van der Waals surface area (Å²) in [5.41, 5.74) is 5.77. The van der Waals surface area contributed by atoms with E-state index in [2.05, 4.69) is 29.3 Å². The molecule has 2 aromatic carbocycles. The third kappa shape index (κ3) is 6.95. The maximum Gasteiger partial charge on any atom is 0.264 e. The molecule has 5 nitrogen and oxygen atoms in total. The second-order valence-corrected chi connectivity index (χ2v) is 13.3. The van der Waals surface area contributed by atoms with Gasteiger partial charge in [0, 0.05) is 51.3 Å². The van der Waals surface area contributed by atoms with E-state index in [1.54, 1.807) is 12.1 Å². The minimum Gasteiger partial charge on any atom is -0.322 e. The van der Waals surface area contributed by atoms with Crippen LogP contribution in [0.4, 0.5) is 17.1 Å². The number of benzene rings is 2. The number of amides is 2. The monoisotopic (exact) mass is 541 g/mol. The molecule has 33 heavy (non-hydrogen) atoms. The number of para-hydroxylation sites is 1. The van der Waals surface area contributed by atoms with Crippen molar-refractivity contribution in [3.05, 3.63) is 64.0 Å². The summed E-state index contributed by atoms with van der Waals surface area (Å²) >= 11 is 0. The maximum absolute atomic E-state index is 13.3. The normalized spacial score (nSPS) is 11.7. The van der Waals surface area contributed by atoms with Gasteiger partial charge in [-0.15, -0.1) is 0 Å². The van der Waals surface area contributed by atoms with Crippen molar-refractivity contribution in [2.45, 2.75) is 54.1 Å². The van der Waals surface area contributed by atoms with Crippen LogP contribution in [0.25, 0.3) is 4.85 Å². The van der Waals surface area contributed by atoms with Crippen LogP contribution in [0, 0.1) is 34.3 Å². The van der Waals surface area contributed by atoms with Crippen LogP contribution in [0.5, 0.6) is 0 Å². The summed E-state index contributed by atoms with van der Waals surface area (Å²) in [7, 11) is -1.88. The molecule has 0 fully saturated rings. The van der Waals surface area contributed by atoms with E-state index in [0.717, 1.165) is 46.0 Å². The van der Waals surface area contributed by atoms with Gasteiger partial charge in [-0.1, -0.05) is 30.3 Å². The molecule has 0 spiro atoms. The summed E-state index contributed by atoms with van der Waals surface area (Å²) < 4.78 is 0. The Balaban J connectivity index is 0.00000544. The molecule has 7 heteroatoms. The molecule has 2 N–H and O–H groups in total. The van der Waals surface area contributed by atoms with Crippen molar-refractivity contribution in [1.29, 1.82) is 0 Å². The van der Waals surface area contributed by atoms with Gasteiger partial charge in [0.25, 0.3) is 11.8 Å². The van der Waals surface area contributed by atoms with Crippen LogP contribution in [0.3, 0.4) is 0 Å². The summed E-state index contributed by atoms with van der Waals surface area (Å²) in [5.74, 6) is -0.0727. The number of anilines is 2. The Kier molecular flexibility index (Phi) is 11.4. The van der Waals surface area contributed by atoms with Gasteiger partial charge in [-0.05, 0) is 70.7 Å². The molecule has 0 aliphatic rings. The van der Waals surface area contributed by atoms with Gasteiger partial charge in [0.15, 0.2) is 5.69 Å². The fraction of sp³-hybridized carbons (Fsp3) is 0.423. The molecule has 1 atom stereocenters. The molecule has 2 rings (SSSR count). The van der Waals surface area contributed by atoms with E-state index in [1.807, 2.05) is 52.8 Å². The van der Waals surface area contributed by atoms with E-state index in [4.69, 9.17) is 6.57 Å². The summed E-state index contributed by atoms with van der Waals surface area (Å²) in [4.78, 5) is 29.9. The molecule has 0 aliphatic heterocycles. The van der Waals surface area contributed by atoms with Crippen molar-refractivity contribution in [3.8, 4) is 0 Å². The van der Waals surface area contributed by atoms with E-state index in [1.165, 1.54) is 0 Å². The van der Waals surface area contributed by atoms with Gasteiger partial charge in [0.05, 0.1) is 18.9 Å². The van der Waals surface area contributed by atoms with Gasteiger partial charge in [-0.3, -0.25) is 9.59 Å². The first-order valence-electron chi connectivity index (χ1n) is 11.1. The van der Waals surface area contributed by atoms with Crippen molar-refractivity contribution < 1.29 is 42.3 Å². The van der Waals surface area contributed by atoms with Crippen molar-refractivity contribution >= 4 is 36.1 Å². The van der Waals surface area contributed by atoms with Crippen molar-refractivity contribution in [2.75, 3.05) is 29.1 Å². The molecular weight excluding hydrogens is 506 g/mol. The van der Waals surface area contributed by atoms with Crippen LogP contribution in [0.15, 0.2) is 30.3 Å². The topological polar surface area (TPSA) is 62.6 Å². The number of hydrogen-bond donors (Lipinski definition) is 2. The van der Waals surface area contributed by atoms with Crippen molar-refractivity contribution in [3.63, 3.8) is 0 Å². The van der Waals surface area contributed by atoms with E-state index >= 15 is 0 Å². The zero-order valence-corrected chi connectivity index (χ0v) is 24.6. The minimum atomic E-state index is -1.88. The second-order valence-electron chi connectivity index (χ2n) is 8.56. The van der Waals surface area contributed by atoms with Gasteiger partial charge in [-0.2, -0.15) is 0 Å². The van der Waals surface area contributed by atoms with Gasteiger partial charge >= 0.3 is 0 Å². The third-order valence-electron chi connectivity index (χ3n) is 6.56. The molecule has 0 saturated carbocycles. The summed E-state index contributed by atoms with van der Waals surface area (Å²) in [6.45, 7) is 21.2. The van der Waals surface area contributed by atoms with E-state index in [-0.39, 0.29) is 50.2 Å². The Hall–Kier alpha value is -1.60. The first-order chi connectivity index (χ1) is 15.1. The quantitative estimate of drug-likeness (QED) is 0.297. The SMILES string of the molecule is [C-]#[N+]c1cc(C)c(NC(=O)C(C)[P+](CC)(CC)CC(=O)Nc2c(C)cccc2C)c(C)c1.[Y]. The summed E-state index contributed by atoms with van der Waals surface area (Å²) in [5, 5.41) is 6.20. The number of aryl methyl sites for hydroxylation is 4. The Labute approximate surface area is 224 Å². The van der Waals surface area contributed by atoms with E-state index < -0.39 is 7.26 Å². The zero-order valence-electron chi connectivity index (χ0n) is 20.9. The Morgan fingerprint density at radius 2 is 1.42 bits per heavy atom. The standard InChI is InChI=1S/C26H34N3O2P.Y/c1-9-32(10-2,16-23(30)28-24-17(3)12-11-13-18(24)4)21(7)26(31)29-25-19(5)14-22(27-8)15-20(25)6;/h11-15,21H,9-10,16H2,1-7H3,(H-,28,29,30,31);/p+1. The molecular formula is C26H35N3O2PY+. The van der Waals surface area contributed by atoms with Crippen LogP contribution < -0.4 is 10.6 Å². The molecule has 2 aromatic rings. The molecule has 1 radical (unpaired) electrons. The maximum atomic E-state index is 13.3. The average molecular weight is 541 g/mol. The zero-order chi connectivity index (χ0) is 24.1. The Morgan fingerprint density at radius 3 is 1.88 bits per heavy atom. The van der Waals surface area contributed by atoms with E-state index in [9.17, 15) is 9.59 Å². The van der Waals surface area contributed by atoms with Gasteiger partial charge < -0.3 is 10.6 Å². The average Bonchev–Trinajstić information content (AvgIpc) is 2.76. The first-order valence-corrected chi connectivity index (χ1v) is 13.5. The Morgan fingerprint density at radius 1 is 0.939 bits per heavy atom. The molecule has 0 bridgehead atoms. The molecule has 0 aromatic heterocycles. The van der Waals surface area contributed by atoms with Crippen molar-refractivity contribution in [1.82, 2.24) is 0 Å². The van der Waals surface area contributed by atoms with Crippen LogP contribution >= 0.6 is 7.26 Å².